The first-order valence-corrected chi connectivity index (χ1v) is 5.41. The Labute approximate surface area is 99.1 Å². The normalized spacial score (nSPS) is 11.4. The van der Waals surface area contributed by atoms with Crippen molar-refractivity contribution in [2.45, 2.75) is 19.5 Å². The van der Waals surface area contributed by atoms with E-state index in [4.69, 9.17) is 10.8 Å². The molecule has 0 saturated carbocycles. The van der Waals surface area contributed by atoms with Crippen molar-refractivity contribution < 1.29 is 13.9 Å². The lowest BCUT2D eigenvalue weighted by molar-refractivity contribution is 0.0746. The van der Waals surface area contributed by atoms with Crippen LogP contribution in [0.15, 0.2) is 18.3 Å². The third kappa shape index (κ3) is 5.16. The second-order valence-electron chi connectivity index (χ2n) is 3.71. The Hall–Kier alpha value is -1.11. The van der Waals surface area contributed by atoms with E-state index in [0.717, 1.165) is 11.3 Å². The predicted molar refractivity (Wildman–Crippen MR) is 60.5 cm³/mol. The van der Waals surface area contributed by atoms with Crippen molar-refractivity contribution >= 4 is 0 Å². The van der Waals surface area contributed by atoms with Gasteiger partial charge in [-0.3, -0.25) is 9.88 Å². The van der Waals surface area contributed by atoms with Gasteiger partial charge in [-0.2, -0.15) is 0 Å². The van der Waals surface area contributed by atoms with Crippen LogP contribution in [-0.2, 0) is 13.1 Å². The molecule has 0 radical (unpaired) electrons. The molecule has 0 bridgehead atoms. The van der Waals surface area contributed by atoms with E-state index >= 15 is 0 Å². The van der Waals surface area contributed by atoms with E-state index in [2.05, 4.69) is 4.98 Å². The number of aliphatic hydroxyl groups is 1. The van der Waals surface area contributed by atoms with Crippen molar-refractivity contribution in [3.63, 3.8) is 0 Å². The minimum Gasteiger partial charge on any atom is -0.395 e. The first-order valence-electron chi connectivity index (χ1n) is 5.41. The van der Waals surface area contributed by atoms with Crippen LogP contribution >= 0.6 is 0 Å². The summed E-state index contributed by atoms with van der Waals surface area (Å²) >= 11 is 0. The van der Waals surface area contributed by atoms with Crippen LogP contribution in [0.1, 0.15) is 11.3 Å². The fraction of sp³-hybridized carbons (Fsp3) is 0.545. The van der Waals surface area contributed by atoms with Gasteiger partial charge in [-0.15, -0.1) is 0 Å². The Balaban J connectivity index is 2.64. The van der Waals surface area contributed by atoms with E-state index in [9.17, 15) is 8.78 Å². The summed E-state index contributed by atoms with van der Waals surface area (Å²) in [6.07, 6.45) is -0.797. The number of halogens is 2. The summed E-state index contributed by atoms with van der Waals surface area (Å²) < 4.78 is 24.6. The number of nitrogens with zero attached hydrogens (tertiary/aromatic N) is 2. The molecule has 1 aromatic rings. The van der Waals surface area contributed by atoms with Gasteiger partial charge < -0.3 is 10.8 Å². The molecule has 17 heavy (non-hydrogen) atoms. The smallest absolute Gasteiger partial charge is 0.251 e. The zero-order valence-corrected chi connectivity index (χ0v) is 9.52. The van der Waals surface area contributed by atoms with Crippen molar-refractivity contribution in [2.75, 3.05) is 19.7 Å². The number of hydrogen-bond donors (Lipinski definition) is 2. The lowest BCUT2D eigenvalue weighted by Gasteiger charge is -2.20. The van der Waals surface area contributed by atoms with Crippen molar-refractivity contribution in [1.29, 1.82) is 0 Å². The Bertz CT molecular complexity index is 336. The van der Waals surface area contributed by atoms with Crippen LogP contribution in [0.2, 0.25) is 0 Å². The maximum absolute atomic E-state index is 12.3. The van der Waals surface area contributed by atoms with Gasteiger partial charge in [0, 0.05) is 25.8 Å². The zero-order chi connectivity index (χ0) is 12.7. The lowest BCUT2D eigenvalue weighted by Crippen LogP contribution is -2.31. The molecule has 0 spiro atoms. The van der Waals surface area contributed by atoms with Crippen molar-refractivity contribution in [3.8, 4) is 0 Å². The Morgan fingerprint density at radius 2 is 2.24 bits per heavy atom. The highest BCUT2D eigenvalue weighted by Gasteiger charge is 2.12. The van der Waals surface area contributed by atoms with Gasteiger partial charge in [-0.25, -0.2) is 8.78 Å². The van der Waals surface area contributed by atoms with E-state index in [-0.39, 0.29) is 19.7 Å². The largest absolute Gasteiger partial charge is 0.395 e. The van der Waals surface area contributed by atoms with Crippen LogP contribution in [0.3, 0.4) is 0 Å². The molecule has 1 heterocycles. The topological polar surface area (TPSA) is 62.4 Å². The Morgan fingerprint density at radius 1 is 1.47 bits per heavy atom. The second kappa shape index (κ2) is 7.26. The summed E-state index contributed by atoms with van der Waals surface area (Å²) in [7, 11) is 0. The highest BCUT2D eigenvalue weighted by Crippen LogP contribution is 2.07. The minimum atomic E-state index is -2.41. The van der Waals surface area contributed by atoms with Gasteiger partial charge >= 0.3 is 0 Å². The molecule has 96 valence electrons. The fourth-order valence-corrected chi connectivity index (χ4v) is 1.57. The molecular formula is C11H17F2N3O. The number of nitrogens with two attached hydrogens (primary N) is 1. The summed E-state index contributed by atoms with van der Waals surface area (Å²) in [5.41, 5.74) is 7.05. The fourth-order valence-electron chi connectivity index (χ4n) is 1.57. The quantitative estimate of drug-likeness (QED) is 0.738. The highest BCUT2D eigenvalue weighted by molar-refractivity contribution is 5.16. The van der Waals surface area contributed by atoms with Crippen LogP contribution < -0.4 is 5.73 Å². The van der Waals surface area contributed by atoms with Gasteiger partial charge in [0.15, 0.2) is 0 Å². The molecule has 0 aromatic carbocycles. The number of pyridine rings is 1. The van der Waals surface area contributed by atoms with Gasteiger partial charge in [-0.1, -0.05) is 0 Å². The predicted octanol–water partition coefficient (Wildman–Crippen LogP) is 0.600. The molecule has 1 rings (SSSR count). The van der Waals surface area contributed by atoms with Gasteiger partial charge in [0.05, 0.1) is 18.8 Å². The molecule has 0 amide bonds. The van der Waals surface area contributed by atoms with Gasteiger partial charge in [0.1, 0.15) is 0 Å². The van der Waals surface area contributed by atoms with Crippen LogP contribution in [0.5, 0.6) is 0 Å². The zero-order valence-electron chi connectivity index (χ0n) is 9.52. The van der Waals surface area contributed by atoms with Crippen molar-refractivity contribution in [1.82, 2.24) is 9.88 Å². The molecule has 0 aliphatic heterocycles. The summed E-state index contributed by atoms with van der Waals surface area (Å²) in [5.74, 6) is 0. The third-order valence-electron chi connectivity index (χ3n) is 2.31. The summed E-state index contributed by atoms with van der Waals surface area (Å²) in [6, 6.07) is 3.55. The standard InChI is InChI=1S/C11H17F2N3O/c12-11(13)8-16(3-4-17)7-9-1-2-15-10(5-9)6-14/h1-2,5,11,17H,3-4,6-8,14H2. The first-order chi connectivity index (χ1) is 8.15. The van der Waals surface area contributed by atoms with E-state index in [1.54, 1.807) is 18.3 Å². The lowest BCUT2D eigenvalue weighted by atomic mass is 10.2. The highest BCUT2D eigenvalue weighted by atomic mass is 19.3. The molecule has 0 unspecified atom stereocenters. The molecule has 1 aromatic heterocycles. The number of aromatic nitrogens is 1. The summed E-state index contributed by atoms with van der Waals surface area (Å²) in [6.45, 7) is 0.427. The molecule has 0 aliphatic rings. The molecule has 0 aliphatic carbocycles. The minimum absolute atomic E-state index is 0.137. The van der Waals surface area contributed by atoms with Gasteiger partial charge in [0.25, 0.3) is 6.43 Å². The monoisotopic (exact) mass is 245 g/mol. The number of alkyl halides is 2. The SMILES string of the molecule is NCc1cc(CN(CCO)CC(F)F)ccn1. The second-order valence-corrected chi connectivity index (χ2v) is 3.71. The molecule has 6 heteroatoms. The summed E-state index contributed by atoms with van der Waals surface area (Å²) in [5, 5.41) is 8.81. The number of aliphatic hydroxyl groups excluding tert-OH is 1. The van der Waals surface area contributed by atoms with E-state index < -0.39 is 6.43 Å². The van der Waals surface area contributed by atoms with Crippen LogP contribution in [0.4, 0.5) is 8.78 Å². The van der Waals surface area contributed by atoms with E-state index in [1.165, 1.54) is 4.90 Å². The average Bonchev–Trinajstić information content (AvgIpc) is 2.29. The van der Waals surface area contributed by atoms with E-state index in [0.29, 0.717) is 13.1 Å². The molecule has 4 nitrogen and oxygen atoms in total. The molecule has 0 saturated heterocycles. The summed E-state index contributed by atoms with van der Waals surface area (Å²) in [4.78, 5) is 5.53. The van der Waals surface area contributed by atoms with Crippen molar-refractivity contribution in [3.05, 3.63) is 29.6 Å². The molecular weight excluding hydrogens is 228 g/mol. The Morgan fingerprint density at radius 3 is 2.82 bits per heavy atom. The van der Waals surface area contributed by atoms with Crippen LogP contribution in [0.25, 0.3) is 0 Å². The molecule has 0 atom stereocenters. The molecule has 0 fully saturated rings. The van der Waals surface area contributed by atoms with Gasteiger partial charge in [-0.05, 0) is 17.7 Å². The van der Waals surface area contributed by atoms with Crippen LogP contribution in [-0.4, -0.2) is 41.1 Å². The number of hydrogen-bond acceptors (Lipinski definition) is 4. The first kappa shape index (κ1) is 14.0. The van der Waals surface area contributed by atoms with E-state index in [1.807, 2.05) is 0 Å². The third-order valence-corrected chi connectivity index (χ3v) is 2.31. The maximum atomic E-state index is 12.3. The number of rotatable bonds is 7. The molecule has 3 N–H and O–H groups in total. The van der Waals surface area contributed by atoms with Gasteiger partial charge in [0.2, 0.25) is 0 Å². The van der Waals surface area contributed by atoms with Crippen LogP contribution in [0, 0.1) is 0 Å². The Kier molecular flexibility index (Phi) is 5.96. The van der Waals surface area contributed by atoms with Crippen molar-refractivity contribution in [2.24, 2.45) is 5.73 Å². The average molecular weight is 245 g/mol. The maximum Gasteiger partial charge on any atom is 0.251 e.